The zero-order chi connectivity index (χ0) is 16.3. The first-order valence-electron chi connectivity index (χ1n) is 7.33. The molecule has 1 fully saturated rings. The van der Waals surface area contributed by atoms with Crippen molar-refractivity contribution in [2.24, 2.45) is 11.8 Å². The number of hydrogen-bond donors (Lipinski definition) is 1. The van der Waals surface area contributed by atoms with E-state index in [1.54, 1.807) is 17.9 Å². The van der Waals surface area contributed by atoms with E-state index in [0.29, 0.717) is 25.3 Å². The van der Waals surface area contributed by atoms with Crippen molar-refractivity contribution in [1.29, 1.82) is 0 Å². The third kappa shape index (κ3) is 3.80. The third-order valence-corrected chi connectivity index (χ3v) is 4.68. The summed E-state index contributed by atoms with van der Waals surface area (Å²) in [7, 11) is 0. The summed E-state index contributed by atoms with van der Waals surface area (Å²) in [5.74, 6) is -0.685. The maximum atomic E-state index is 12.5. The summed E-state index contributed by atoms with van der Waals surface area (Å²) in [5, 5.41) is 9.13. The van der Waals surface area contributed by atoms with Gasteiger partial charge in [0, 0.05) is 13.1 Å². The number of ether oxygens (including phenoxy) is 1. The second-order valence-corrected chi connectivity index (χ2v) is 6.54. The maximum absolute atomic E-state index is 12.5. The molecule has 1 heterocycles. The van der Waals surface area contributed by atoms with Crippen molar-refractivity contribution in [2.45, 2.75) is 26.4 Å². The highest BCUT2D eigenvalue weighted by atomic mass is 79.9. The molecule has 3 atom stereocenters. The lowest BCUT2D eigenvalue weighted by atomic mass is 9.87. The number of carbonyl (C=O) groups excluding carboxylic acids is 1. The number of carbonyl (C=O) groups is 2. The number of benzene rings is 1. The Labute approximate surface area is 138 Å². The van der Waals surface area contributed by atoms with Crippen LogP contribution < -0.4 is 4.74 Å². The molecule has 0 aromatic heterocycles. The number of piperidine rings is 1. The first-order chi connectivity index (χ1) is 10.4. The summed E-state index contributed by atoms with van der Waals surface area (Å²) in [6.45, 7) is 4.51. The van der Waals surface area contributed by atoms with Gasteiger partial charge in [-0.1, -0.05) is 19.1 Å². The minimum absolute atomic E-state index is 0.0501. The Hall–Kier alpha value is -1.56. The number of rotatable bonds is 4. The monoisotopic (exact) mass is 369 g/mol. The molecule has 1 N–H and O–H groups in total. The number of halogens is 1. The molecule has 0 saturated carbocycles. The highest BCUT2D eigenvalue weighted by molar-refractivity contribution is 9.10. The van der Waals surface area contributed by atoms with Gasteiger partial charge >= 0.3 is 5.97 Å². The molecular formula is C16H20BrNO4. The van der Waals surface area contributed by atoms with E-state index in [9.17, 15) is 9.59 Å². The lowest BCUT2D eigenvalue weighted by Crippen LogP contribution is -2.49. The highest BCUT2D eigenvalue weighted by Crippen LogP contribution is 2.27. The van der Waals surface area contributed by atoms with Crippen LogP contribution in [-0.2, 0) is 9.59 Å². The number of carboxylic acids is 1. The van der Waals surface area contributed by atoms with Crippen LogP contribution in [0.25, 0.3) is 0 Å². The van der Waals surface area contributed by atoms with Crippen LogP contribution in [0.4, 0.5) is 0 Å². The molecule has 1 aromatic rings. The Balaban J connectivity index is 1.97. The topological polar surface area (TPSA) is 66.8 Å². The zero-order valence-corrected chi connectivity index (χ0v) is 14.2. The molecule has 0 radical (unpaired) electrons. The van der Waals surface area contributed by atoms with Crippen LogP contribution in [0.2, 0.25) is 0 Å². The van der Waals surface area contributed by atoms with Crippen LogP contribution >= 0.6 is 15.9 Å². The molecule has 2 rings (SSSR count). The molecule has 5 nitrogen and oxygen atoms in total. The van der Waals surface area contributed by atoms with Gasteiger partial charge < -0.3 is 14.7 Å². The van der Waals surface area contributed by atoms with Crippen molar-refractivity contribution in [3.8, 4) is 5.75 Å². The predicted octanol–water partition coefficient (Wildman–Crippen LogP) is 2.79. The molecule has 0 spiro atoms. The number of carboxylic acid groups (broad SMARTS) is 1. The van der Waals surface area contributed by atoms with Crippen molar-refractivity contribution in [3.05, 3.63) is 28.7 Å². The molecule has 120 valence electrons. The maximum Gasteiger partial charge on any atom is 0.306 e. The standard InChI is InChI=1S/C16H20BrNO4/c1-10-9-18(8-7-12(10)16(20)21)15(19)11(2)22-14-6-4-3-5-13(14)17/h3-6,10-12H,7-9H2,1-2H3,(H,20,21). The molecule has 3 unspecified atom stereocenters. The Morgan fingerprint density at radius 1 is 1.41 bits per heavy atom. The fourth-order valence-corrected chi connectivity index (χ4v) is 3.13. The van der Waals surface area contributed by atoms with Crippen molar-refractivity contribution in [1.82, 2.24) is 4.90 Å². The summed E-state index contributed by atoms with van der Waals surface area (Å²) >= 11 is 3.39. The second kappa shape index (κ2) is 7.13. The second-order valence-electron chi connectivity index (χ2n) is 5.69. The minimum Gasteiger partial charge on any atom is -0.481 e. The van der Waals surface area contributed by atoms with Crippen molar-refractivity contribution in [3.63, 3.8) is 0 Å². The molecule has 6 heteroatoms. The fourth-order valence-electron chi connectivity index (χ4n) is 2.75. The van der Waals surface area contributed by atoms with Gasteiger partial charge in [0.2, 0.25) is 0 Å². The summed E-state index contributed by atoms with van der Waals surface area (Å²) in [6.07, 6.45) is -0.114. The average Bonchev–Trinajstić information content (AvgIpc) is 2.48. The van der Waals surface area contributed by atoms with Gasteiger partial charge in [0.1, 0.15) is 5.75 Å². The predicted molar refractivity (Wildman–Crippen MR) is 85.7 cm³/mol. The Morgan fingerprint density at radius 2 is 2.09 bits per heavy atom. The highest BCUT2D eigenvalue weighted by Gasteiger charge is 2.34. The van der Waals surface area contributed by atoms with Crippen molar-refractivity contribution >= 4 is 27.8 Å². The van der Waals surface area contributed by atoms with Crippen LogP contribution in [0.1, 0.15) is 20.3 Å². The van der Waals surface area contributed by atoms with E-state index >= 15 is 0 Å². The van der Waals surface area contributed by atoms with E-state index in [2.05, 4.69) is 15.9 Å². The largest absolute Gasteiger partial charge is 0.481 e. The summed E-state index contributed by atoms with van der Waals surface area (Å²) in [4.78, 5) is 25.3. The quantitative estimate of drug-likeness (QED) is 0.885. The van der Waals surface area contributed by atoms with Gasteiger partial charge in [0.25, 0.3) is 5.91 Å². The SMILES string of the molecule is CC(Oc1ccccc1Br)C(=O)N1CCC(C(=O)O)C(C)C1. The number of amides is 1. The van der Waals surface area contributed by atoms with Crippen LogP contribution in [-0.4, -0.2) is 41.1 Å². The van der Waals surface area contributed by atoms with E-state index < -0.39 is 12.1 Å². The lowest BCUT2D eigenvalue weighted by Gasteiger charge is -2.36. The Kier molecular flexibility index (Phi) is 5.45. The third-order valence-electron chi connectivity index (χ3n) is 4.02. The van der Waals surface area contributed by atoms with Gasteiger partial charge in [0.15, 0.2) is 6.10 Å². The number of para-hydroxylation sites is 1. The van der Waals surface area contributed by atoms with E-state index in [-0.39, 0.29) is 17.7 Å². The molecule has 22 heavy (non-hydrogen) atoms. The fraction of sp³-hybridized carbons (Fsp3) is 0.500. The van der Waals surface area contributed by atoms with Crippen LogP contribution in [0, 0.1) is 11.8 Å². The molecule has 1 aliphatic heterocycles. The number of hydrogen-bond acceptors (Lipinski definition) is 3. The van der Waals surface area contributed by atoms with Gasteiger partial charge in [-0.2, -0.15) is 0 Å². The van der Waals surface area contributed by atoms with E-state index in [1.165, 1.54) is 0 Å². The van der Waals surface area contributed by atoms with E-state index in [1.807, 2.05) is 25.1 Å². The Morgan fingerprint density at radius 3 is 2.68 bits per heavy atom. The van der Waals surface area contributed by atoms with Crippen LogP contribution in [0.3, 0.4) is 0 Å². The molecule has 1 saturated heterocycles. The molecule has 0 aliphatic carbocycles. The molecule has 1 amide bonds. The van der Waals surface area contributed by atoms with E-state index in [4.69, 9.17) is 9.84 Å². The first-order valence-corrected chi connectivity index (χ1v) is 8.12. The van der Waals surface area contributed by atoms with Gasteiger partial charge in [-0.25, -0.2) is 0 Å². The normalized spacial score (nSPS) is 23.0. The van der Waals surface area contributed by atoms with Crippen LogP contribution in [0.15, 0.2) is 28.7 Å². The summed E-state index contributed by atoms with van der Waals surface area (Å²) in [6, 6.07) is 7.37. The van der Waals surface area contributed by atoms with Crippen molar-refractivity contribution in [2.75, 3.05) is 13.1 Å². The molecule has 1 aromatic carbocycles. The lowest BCUT2D eigenvalue weighted by molar-refractivity contribution is -0.150. The summed E-state index contributed by atoms with van der Waals surface area (Å²) < 4.78 is 6.51. The van der Waals surface area contributed by atoms with Gasteiger partial charge in [-0.05, 0) is 47.3 Å². The van der Waals surface area contributed by atoms with Gasteiger partial charge in [0.05, 0.1) is 10.4 Å². The molecule has 0 bridgehead atoms. The van der Waals surface area contributed by atoms with Crippen molar-refractivity contribution < 1.29 is 19.4 Å². The number of nitrogens with zero attached hydrogens (tertiary/aromatic N) is 1. The Bertz CT molecular complexity index is 563. The van der Waals surface area contributed by atoms with Gasteiger partial charge in [-0.3, -0.25) is 9.59 Å². The number of likely N-dealkylation sites (tertiary alicyclic amines) is 1. The van der Waals surface area contributed by atoms with Gasteiger partial charge in [-0.15, -0.1) is 0 Å². The zero-order valence-electron chi connectivity index (χ0n) is 12.7. The average molecular weight is 370 g/mol. The first kappa shape index (κ1) is 16.8. The van der Waals surface area contributed by atoms with E-state index in [0.717, 1.165) is 4.47 Å². The summed E-state index contributed by atoms with van der Waals surface area (Å²) in [5.41, 5.74) is 0. The number of aliphatic carboxylic acids is 1. The minimum atomic E-state index is -0.780. The van der Waals surface area contributed by atoms with Crippen LogP contribution in [0.5, 0.6) is 5.75 Å². The molecule has 1 aliphatic rings. The molecular weight excluding hydrogens is 350 g/mol. The smallest absolute Gasteiger partial charge is 0.306 e.